The molecule has 0 aliphatic carbocycles. The summed E-state index contributed by atoms with van der Waals surface area (Å²) in [6.07, 6.45) is -4.09. The van der Waals surface area contributed by atoms with Gasteiger partial charge in [-0.15, -0.1) is 0 Å². The van der Waals surface area contributed by atoms with Gasteiger partial charge in [0.05, 0.1) is 11.3 Å². The van der Waals surface area contributed by atoms with Gasteiger partial charge in [0, 0.05) is 6.54 Å². The van der Waals surface area contributed by atoms with Gasteiger partial charge in [-0.1, -0.05) is 12.1 Å². The van der Waals surface area contributed by atoms with Crippen LogP contribution < -0.4 is 9.64 Å². The molecule has 182 valence electrons. The summed E-state index contributed by atoms with van der Waals surface area (Å²) >= 11 is 0. The number of hydrogen-bond acceptors (Lipinski definition) is 4. The molecule has 1 fully saturated rings. The van der Waals surface area contributed by atoms with Crippen molar-refractivity contribution in [2.24, 2.45) is 0 Å². The van der Waals surface area contributed by atoms with Crippen LogP contribution in [0, 0.1) is 13.8 Å². The lowest BCUT2D eigenvalue weighted by atomic mass is 10.0. The SMILES string of the molecule is Cc1cc(CCN2CC(=O)N(c3ccc(C(F)(F)F)cc3)C2=O)cc(C)c1OC(C)(C)C(=O)O. The topological polar surface area (TPSA) is 87.2 Å². The number of amides is 3. The first-order chi connectivity index (χ1) is 15.7. The van der Waals surface area contributed by atoms with Crippen LogP contribution in [0.5, 0.6) is 5.75 Å². The van der Waals surface area contributed by atoms with Crippen molar-refractivity contribution < 1.29 is 37.4 Å². The van der Waals surface area contributed by atoms with E-state index in [4.69, 9.17) is 4.74 Å². The van der Waals surface area contributed by atoms with Crippen LogP contribution in [0.1, 0.15) is 36.1 Å². The second-order valence-electron chi connectivity index (χ2n) is 8.70. The predicted molar refractivity (Wildman–Crippen MR) is 118 cm³/mol. The molecule has 2 aromatic rings. The second-order valence-corrected chi connectivity index (χ2v) is 8.70. The summed E-state index contributed by atoms with van der Waals surface area (Å²) in [5, 5.41) is 9.30. The molecule has 34 heavy (non-hydrogen) atoms. The van der Waals surface area contributed by atoms with Crippen LogP contribution in [0.3, 0.4) is 0 Å². The maximum Gasteiger partial charge on any atom is 0.416 e. The molecule has 1 heterocycles. The Hall–Kier alpha value is -3.56. The van der Waals surface area contributed by atoms with Crippen molar-refractivity contribution in [1.82, 2.24) is 4.90 Å². The third-order valence-electron chi connectivity index (χ3n) is 5.55. The zero-order chi connectivity index (χ0) is 25.4. The quantitative estimate of drug-likeness (QED) is 0.589. The number of carbonyl (C=O) groups is 3. The fraction of sp³-hybridized carbons (Fsp3) is 0.375. The smallest absolute Gasteiger partial charge is 0.416 e. The fourth-order valence-corrected chi connectivity index (χ4v) is 3.69. The molecule has 0 saturated carbocycles. The van der Waals surface area contributed by atoms with E-state index in [0.717, 1.165) is 45.9 Å². The summed E-state index contributed by atoms with van der Waals surface area (Å²) in [6.45, 7) is 6.55. The van der Waals surface area contributed by atoms with E-state index in [1.54, 1.807) is 13.8 Å². The molecule has 7 nitrogen and oxygen atoms in total. The summed E-state index contributed by atoms with van der Waals surface area (Å²) < 4.78 is 44.0. The number of benzene rings is 2. The molecular formula is C24H25F3N2O5. The number of imide groups is 1. The molecule has 0 unspecified atom stereocenters. The van der Waals surface area contributed by atoms with Gasteiger partial charge < -0.3 is 14.7 Å². The lowest BCUT2D eigenvalue weighted by Gasteiger charge is -2.25. The molecule has 0 aromatic heterocycles. The highest BCUT2D eigenvalue weighted by atomic mass is 19.4. The van der Waals surface area contributed by atoms with E-state index in [2.05, 4.69) is 0 Å². The van der Waals surface area contributed by atoms with Gasteiger partial charge in [0.2, 0.25) is 0 Å². The molecule has 1 N–H and O–H groups in total. The number of carbonyl (C=O) groups excluding carboxylic acids is 2. The molecule has 1 saturated heterocycles. The molecule has 2 aromatic carbocycles. The Balaban J connectivity index is 1.70. The third-order valence-corrected chi connectivity index (χ3v) is 5.55. The Morgan fingerprint density at radius 2 is 1.62 bits per heavy atom. The van der Waals surface area contributed by atoms with Crippen LogP contribution in [0.25, 0.3) is 0 Å². The highest BCUT2D eigenvalue weighted by Crippen LogP contribution is 2.32. The van der Waals surface area contributed by atoms with Crippen LogP contribution in [-0.4, -0.2) is 46.6 Å². The molecule has 0 radical (unpaired) electrons. The molecule has 10 heteroatoms. The van der Waals surface area contributed by atoms with E-state index >= 15 is 0 Å². The van der Waals surface area contributed by atoms with Gasteiger partial charge in [-0.25, -0.2) is 14.5 Å². The highest BCUT2D eigenvalue weighted by molar-refractivity contribution is 6.19. The number of halogens is 3. The number of carboxylic acid groups (broad SMARTS) is 1. The van der Waals surface area contributed by atoms with Crippen molar-refractivity contribution >= 4 is 23.6 Å². The van der Waals surface area contributed by atoms with E-state index < -0.39 is 35.2 Å². The normalized spacial score (nSPS) is 14.7. The van der Waals surface area contributed by atoms with E-state index in [9.17, 15) is 32.7 Å². The maximum atomic E-state index is 12.8. The van der Waals surface area contributed by atoms with E-state index in [-0.39, 0.29) is 18.8 Å². The lowest BCUT2D eigenvalue weighted by Crippen LogP contribution is -2.38. The number of alkyl halides is 3. The maximum absolute atomic E-state index is 12.8. The number of anilines is 1. The molecule has 0 bridgehead atoms. The minimum atomic E-state index is -4.51. The number of carboxylic acids is 1. The van der Waals surface area contributed by atoms with Gasteiger partial charge >= 0.3 is 18.2 Å². The van der Waals surface area contributed by atoms with Crippen LogP contribution in [0.15, 0.2) is 36.4 Å². The average Bonchev–Trinajstić information content (AvgIpc) is 3.01. The van der Waals surface area contributed by atoms with Crippen LogP contribution in [0.2, 0.25) is 0 Å². The summed E-state index contributed by atoms with van der Waals surface area (Å²) in [6, 6.07) is 6.94. The molecule has 3 rings (SSSR count). The summed E-state index contributed by atoms with van der Waals surface area (Å²) in [7, 11) is 0. The van der Waals surface area contributed by atoms with Gasteiger partial charge in [0.25, 0.3) is 5.91 Å². The largest absolute Gasteiger partial charge is 0.478 e. The van der Waals surface area contributed by atoms with Crippen LogP contribution >= 0.6 is 0 Å². The van der Waals surface area contributed by atoms with Gasteiger partial charge in [-0.05, 0) is 75.1 Å². The summed E-state index contributed by atoms with van der Waals surface area (Å²) in [5.74, 6) is -1.14. The molecule has 0 atom stereocenters. The molecule has 1 aliphatic heterocycles. The van der Waals surface area contributed by atoms with Gasteiger partial charge in [-0.2, -0.15) is 13.2 Å². The Morgan fingerprint density at radius 1 is 1.06 bits per heavy atom. The first kappa shape index (κ1) is 25.1. The summed E-state index contributed by atoms with van der Waals surface area (Å²) in [5.41, 5.74) is 0.154. The number of hydrogen-bond donors (Lipinski definition) is 1. The van der Waals surface area contributed by atoms with Gasteiger partial charge in [-0.3, -0.25) is 4.79 Å². The van der Waals surface area contributed by atoms with Gasteiger partial charge in [0.15, 0.2) is 5.60 Å². The highest BCUT2D eigenvalue weighted by Gasteiger charge is 2.38. The Labute approximate surface area is 194 Å². The number of nitrogens with zero attached hydrogens (tertiary/aromatic N) is 2. The Kier molecular flexibility index (Phi) is 6.64. The fourth-order valence-electron chi connectivity index (χ4n) is 3.69. The monoisotopic (exact) mass is 478 g/mol. The minimum Gasteiger partial charge on any atom is -0.478 e. The standard InChI is InChI=1S/C24H25F3N2O5/c1-14-11-16(12-15(2)20(14)34-23(3,4)21(31)32)9-10-28-13-19(30)29(22(28)33)18-7-5-17(6-8-18)24(25,26)27/h5-8,11-12H,9-10,13H2,1-4H3,(H,31,32). The Bertz CT molecular complexity index is 1100. The van der Waals surface area contributed by atoms with Crippen molar-refractivity contribution in [2.45, 2.75) is 45.9 Å². The number of rotatable bonds is 7. The van der Waals surface area contributed by atoms with Crippen molar-refractivity contribution in [3.8, 4) is 5.75 Å². The van der Waals surface area contributed by atoms with Crippen molar-refractivity contribution in [3.05, 3.63) is 58.7 Å². The van der Waals surface area contributed by atoms with Crippen molar-refractivity contribution in [3.63, 3.8) is 0 Å². The minimum absolute atomic E-state index is 0.0831. The van der Waals surface area contributed by atoms with Gasteiger partial charge in [0.1, 0.15) is 12.3 Å². The van der Waals surface area contributed by atoms with Crippen LogP contribution in [-0.2, 0) is 22.2 Å². The molecule has 1 aliphatic rings. The number of ether oxygens (including phenoxy) is 1. The van der Waals surface area contributed by atoms with E-state index in [0.29, 0.717) is 12.2 Å². The number of aryl methyl sites for hydroxylation is 2. The number of urea groups is 1. The summed E-state index contributed by atoms with van der Waals surface area (Å²) in [4.78, 5) is 38.7. The van der Waals surface area contributed by atoms with Crippen molar-refractivity contribution in [1.29, 1.82) is 0 Å². The zero-order valence-corrected chi connectivity index (χ0v) is 19.2. The third kappa shape index (κ3) is 5.16. The first-order valence-corrected chi connectivity index (χ1v) is 10.5. The lowest BCUT2D eigenvalue weighted by molar-refractivity contribution is -0.152. The molecule has 0 spiro atoms. The van der Waals surface area contributed by atoms with Crippen LogP contribution in [0.4, 0.5) is 23.7 Å². The predicted octanol–water partition coefficient (Wildman–Crippen LogP) is 4.58. The first-order valence-electron chi connectivity index (χ1n) is 10.5. The molecule has 3 amide bonds. The second kappa shape index (κ2) is 9.00. The zero-order valence-electron chi connectivity index (χ0n) is 19.2. The van der Waals surface area contributed by atoms with Crippen molar-refractivity contribution in [2.75, 3.05) is 18.0 Å². The Morgan fingerprint density at radius 3 is 2.12 bits per heavy atom. The average molecular weight is 478 g/mol. The number of aliphatic carboxylic acids is 1. The van der Waals surface area contributed by atoms with E-state index in [1.807, 2.05) is 12.1 Å². The molecular weight excluding hydrogens is 453 g/mol. The van der Waals surface area contributed by atoms with E-state index in [1.165, 1.54) is 18.7 Å².